The maximum Gasteiger partial charge on any atom is 0.141 e. The van der Waals surface area contributed by atoms with Crippen LogP contribution >= 0.6 is 0 Å². The molecule has 1 unspecified atom stereocenters. The van der Waals surface area contributed by atoms with Crippen LogP contribution in [0.2, 0.25) is 0 Å². The standard InChI is InChI=1S/C9H12N2O/c10-4-3-7-6-8-9(12-7)2-1-5-11-8/h1-2,5,7H,3-4,6,10H2. The predicted molar refractivity (Wildman–Crippen MR) is 46.0 cm³/mol. The summed E-state index contributed by atoms with van der Waals surface area (Å²) in [5.41, 5.74) is 6.51. The number of ether oxygens (including phenoxy) is 1. The Bertz CT molecular complexity index is 250. The molecule has 0 fully saturated rings. The number of nitrogens with two attached hydrogens (primary N) is 1. The lowest BCUT2D eigenvalue weighted by Crippen LogP contribution is -2.17. The van der Waals surface area contributed by atoms with Crippen LogP contribution in [0.5, 0.6) is 5.75 Å². The Balaban J connectivity index is 2.11. The van der Waals surface area contributed by atoms with Crippen LogP contribution < -0.4 is 10.5 Å². The third-order valence-corrected chi connectivity index (χ3v) is 2.05. The van der Waals surface area contributed by atoms with Gasteiger partial charge in [0.15, 0.2) is 0 Å². The quantitative estimate of drug-likeness (QED) is 0.701. The highest BCUT2D eigenvalue weighted by Crippen LogP contribution is 2.26. The number of hydrogen-bond acceptors (Lipinski definition) is 3. The van der Waals surface area contributed by atoms with Gasteiger partial charge in [0.05, 0.1) is 5.69 Å². The number of pyridine rings is 1. The van der Waals surface area contributed by atoms with Crippen LogP contribution in [0.15, 0.2) is 18.3 Å². The summed E-state index contributed by atoms with van der Waals surface area (Å²) in [4.78, 5) is 4.23. The number of nitrogens with zero attached hydrogens (tertiary/aromatic N) is 1. The second-order valence-electron chi connectivity index (χ2n) is 2.97. The van der Waals surface area contributed by atoms with Gasteiger partial charge in [0.1, 0.15) is 11.9 Å². The number of aromatic nitrogens is 1. The normalized spacial score (nSPS) is 20.2. The zero-order valence-electron chi connectivity index (χ0n) is 6.86. The van der Waals surface area contributed by atoms with Crippen LogP contribution in [-0.2, 0) is 6.42 Å². The number of hydrogen-bond donors (Lipinski definition) is 1. The van der Waals surface area contributed by atoms with E-state index in [-0.39, 0.29) is 6.10 Å². The Labute approximate surface area is 71.6 Å². The highest BCUT2D eigenvalue weighted by molar-refractivity contribution is 5.31. The molecule has 3 heteroatoms. The van der Waals surface area contributed by atoms with E-state index in [1.165, 1.54) is 0 Å². The molecule has 1 atom stereocenters. The van der Waals surface area contributed by atoms with Crippen molar-refractivity contribution in [3.63, 3.8) is 0 Å². The van der Waals surface area contributed by atoms with Gasteiger partial charge in [-0.25, -0.2) is 0 Å². The minimum absolute atomic E-state index is 0.250. The molecule has 1 aromatic heterocycles. The predicted octanol–water partition coefficient (Wildman–Crippen LogP) is 0.734. The van der Waals surface area contributed by atoms with Crippen molar-refractivity contribution in [2.75, 3.05) is 6.54 Å². The van der Waals surface area contributed by atoms with Crippen LogP contribution in [0.3, 0.4) is 0 Å². The molecule has 3 nitrogen and oxygen atoms in total. The van der Waals surface area contributed by atoms with Gasteiger partial charge < -0.3 is 10.5 Å². The molecular weight excluding hydrogens is 152 g/mol. The van der Waals surface area contributed by atoms with E-state index in [1.54, 1.807) is 6.20 Å². The molecule has 0 spiro atoms. The van der Waals surface area contributed by atoms with Crippen molar-refractivity contribution in [2.45, 2.75) is 18.9 Å². The fourth-order valence-corrected chi connectivity index (χ4v) is 1.47. The van der Waals surface area contributed by atoms with Crippen LogP contribution in [-0.4, -0.2) is 17.6 Å². The van der Waals surface area contributed by atoms with Crippen molar-refractivity contribution in [1.82, 2.24) is 4.98 Å². The van der Waals surface area contributed by atoms with Crippen molar-refractivity contribution >= 4 is 0 Å². The third-order valence-electron chi connectivity index (χ3n) is 2.05. The maximum absolute atomic E-state index is 5.60. The van der Waals surface area contributed by atoms with E-state index in [9.17, 15) is 0 Å². The zero-order chi connectivity index (χ0) is 8.39. The van der Waals surface area contributed by atoms with Crippen molar-refractivity contribution in [1.29, 1.82) is 0 Å². The molecule has 0 aromatic carbocycles. The summed E-state index contributed by atoms with van der Waals surface area (Å²) in [7, 11) is 0. The van der Waals surface area contributed by atoms with Gasteiger partial charge in [0.25, 0.3) is 0 Å². The second-order valence-corrected chi connectivity index (χ2v) is 2.97. The lowest BCUT2D eigenvalue weighted by molar-refractivity contribution is 0.224. The average Bonchev–Trinajstić information content (AvgIpc) is 2.47. The molecule has 0 saturated heterocycles. The van der Waals surface area contributed by atoms with Gasteiger partial charge >= 0.3 is 0 Å². The third kappa shape index (κ3) is 1.28. The highest BCUT2D eigenvalue weighted by atomic mass is 16.5. The Morgan fingerprint density at radius 3 is 3.33 bits per heavy atom. The summed E-state index contributed by atoms with van der Waals surface area (Å²) in [5, 5.41) is 0. The summed E-state index contributed by atoms with van der Waals surface area (Å²) in [6.07, 6.45) is 3.87. The first-order valence-corrected chi connectivity index (χ1v) is 4.21. The summed E-state index contributed by atoms with van der Waals surface area (Å²) < 4.78 is 5.60. The first-order chi connectivity index (χ1) is 5.90. The molecule has 1 aromatic rings. The van der Waals surface area contributed by atoms with Crippen molar-refractivity contribution in [3.05, 3.63) is 24.0 Å². The molecule has 0 amide bonds. The van der Waals surface area contributed by atoms with E-state index in [4.69, 9.17) is 10.5 Å². The molecule has 0 bridgehead atoms. The summed E-state index contributed by atoms with van der Waals surface area (Å²) in [6.45, 7) is 0.679. The van der Waals surface area contributed by atoms with Gasteiger partial charge in [-0.2, -0.15) is 0 Å². The van der Waals surface area contributed by atoms with Gasteiger partial charge in [0, 0.05) is 12.6 Å². The van der Waals surface area contributed by atoms with E-state index >= 15 is 0 Å². The molecule has 2 rings (SSSR count). The van der Waals surface area contributed by atoms with Gasteiger partial charge in [-0.15, -0.1) is 0 Å². The summed E-state index contributed by atoms with van der Waals surface area (Å²) in [5.74, 6) is 0.927. The minimum atomic E-state index is 0.250. The van der Waals surface area contributed by atoms with Gasteiger partial charge in [-0.05, 0) is 25.1 Å². The first-order valence-electron chi connectivity index (χ1n) is 4.21. The van der Waals surface area contributed by atoms with Crippen molar-refractivity contribution in [3.8, 4) is 5.75 Å². The number of fused-ring (bicyclic) bond motifs is 1. The Kier molecular flexibility index (Phi) is 1.96. The maximum atomic E-state index is 5.60. The topological polar surface area (TPSA) is 48.1 Å². The molecule has 64 valence electrons. The molecule has 0 saturated carbocycles. The Morgan fingerprint density at radius 1 is 1.67 bits per heavy atom. The van der Waals surface area contributed by atoms with Gasteiger partial charge in [0.2, 0.25) is 0 Å². The van der Waals surface area contributed by atoms with E-state index in [1.807, 2.05) is 12.1 Å². The monoisotopic (exact) mass is 164 g/mol. The molecule has 2 N–H and O–H groups in total. The van der Waals surface area contributed by atoms with Crippen LogP contribution in [0.4, 0.5) is 0 Å². The largest absolute Gasteiger partial charge is 0.488 e. The van der Waals surface area contributed by atoms with Crippen LogP contribution in [0.1, 0.15) is 12.1 Å². The Morgan fingerprint density at radius 2 is 2.58 bits per heavy atom. The second kappa shape index (κ2) is 3.11. The van der Waals surface area contributed by atoms with Crippen LogP contribution in [0, 0.1) is 0 Å². The molecule has 1 aliphatic rings. The minimum Gasteiger partial charge on any atom is -0.488 e. The smallest absolute Gasteiger partial charge is 0.141 e. The van der Waals surface area contributed by atoms with E-state index < -0.39 is 0 Å². The first kappa shape index (κ1) is 7.55. The molecular formula is C9H12N2O. The van der Waals surface area contributed by atoms with Gasteiger partial charge in [-0.3, -0.25) is 4.98 Å². The average molecular weight is 164 g/mol. The van der Waals surface area contributed by atoms with E-state index in [0.29, 0.717) is 6.54 Å². The lowest BCUT2D eigenvalue weighted by atomic mass is 10.1. The van der Waals surface area contributed by atoms with Crippen molar-refractivity contribution in [2.24, 2.45) is 5.73 Å². The summed E-state index contributed by atoms with van der Waals surface area (Å²) >= 11 is 0. The molecule has 2 heterocycles. The molecule has 0 radical (unpaired) electrons. The fourth-order valence-electron chi connectivity index (χ4n) is 1.47. The summed E-state index contributed by atoms with van der Waals surface area (Å²) in [6, 6.07) is 3.85. The van der Waals surface area contributed by atoms with Crippen molar-refractivity contribution < 1.29 is 4.74 Å². The highest BCUT2D eigenvalue weighted by Gasteiger charge is 2.22. The van der Waals surface area contributed by atoms with Gasteiger partial charge in [-0.1, -0.05) is 0 Å². The van der Waals surface area contributed by atoms with E-state index in [0.717, 1.165) is 24.3 Å². The Hall–Kier alpha value is -1.09. The number of rotatable bonds is 2. The zero-order valence-corrected chi connectivity index (χ0v) is 6.86. The molecule has 12 heavy (non-hydrogen) atoms. The SMILES string of the molecule is NCCC1Cc2ncccc2O1. The van der Waals surface area contributed by atoms with E-state index in [2.05, 4.69) is 4.98 Å². The molecule has 1 aliphatic heterocycles. The molecule has 0 aliphatic carbocycles. The lowest BCUT2D eigenvalue weighted by Gasteiger charge is -2.07. The van der Waals surface area contributed by atoms with Crippen LogP contribution in [0.25, 0.3) is 0 Å². The fraction of sp³-hybridized carbons (Fsp3) is 0.444.